The Morgan fingerprint density at radius 2 is 2.10 bits per heavy atom. The lowest BCUT2D eigenvalue weighted by Gasteiger charge is -2.09. The lowest BCUT2D eigenvalue weighted by atomic mass is 10.3. The van der Waals surface area contributed by atoms with E-state index in [-0.39, 0.29) is 5.56 Å². The van der Waals surface area contributed by atoms with E-state index in [1.807, 2.05) is 36.4 Å². The molecule has 0 saturated heterocycles. The quantitative estimate of drug-likeness (QED) is 0.670. The van der Waals surface area contributed by atoms with Crippen molar-refractivity contribution in [3.63, 3.8) is 0 Å². The molecule has 0 radical (unpaired) electrons. The van der Waals surface area contributed by atoms with Crippen molar-refractivity contribution < 1.29 is 0 Å². The zero-order valence-corrected chi connectivity index (χ0v) is 13.8. The number of benzene rings is 1. The molecule has 0 aliphatic heterocycles. The molecule has 21 heavy (non-hydrogen) atoms. The van der Waals surface area contributed by atoms with Crippen LogP contribution in [-0.2, 0) is 6.54 Å². The van der Waals surface area contributed by atoms with Gasteiger partial charge in [-0.15, -0.1) is 0 Å². The van der Waals surface area contributed by atoms with Crippen molar-refractivity contribution in [1.82, 2.24) is 9.38 Å². The van der Waals surface area contributed by atoms with E-state index in [4.69, 9.17) is 11.6 Å². The van der Waals surface area contributed by atoms with Gasteiger partial charge in [0.05, 0.1) is 12.2 Å². The van der Waals surface area contributed by atoms with Crippen molar-refractivity contribution in [2.45, 2.75) is 6.54 Å². The van der Waals surface area contributed by atoms with Crippen LogP contribution >= 0.6 is 34.2 Å². The molecular weight excluding hydrogens is 401 g/mol. The van der Waals surface area contributed by atoms with Crippen LogP contribution in [-0.4, -0.2) is 9.38 Å². The molecule has 6 heteroatoms. The lowest BCUT2D eigenvalue weighted by molar-refractivity contribution is 0.971. The number of aromatic nitrogens is 2. The molecule has 0 bridgehead atoms. The maximum atomic E-state index is 12.0. The Morgan fingerprint density at radius 3 is 2.90 bits per heavy atom. The van der Waals surface area contributed by atoms with Gasteiger partial charge >= 0.3 is 0 Å². The van der Waals surface area contributed by atoms with Crippen LogP contribution in [0.3, 0.4) is 0 Å². The highest BCUT2D eigenvalue weighted by atomic mass is 127. The van der Waals surface area contributed by atoms with E-state index in [0.29, 0.717) is 22.9 Å². The first-order valence-corrected chi connectivity index (χ1v) is 7.75. The molecule has 0 amide bonds. The Balaban J connectivity index is 1.87. The van der Waals surface area contributed by atoms with Crippen LogP contribution in [0.25, 0.3) is 5.65 Å². The zero-order valence-electron chi connectivity index (χ0n) is 10.9. The average molecular weight is 412 g/mol. The van der Waals surface area contributed by atoms with Gasteiger partial charge in [0.1, 0.15) is 5.65 Å². The third kappa shape index (κ3) is 3.19. The van der Waals surface area contributed by atoms with Crippen molar-refractivity contribution in [2.24, 2.45) is 0 Å². The minimum atomic E-state index is -0.0804. The summed E-state index contributed by atoms with van der Waals surface area (Å²) < 4.78 is 2.55. The largest absolute Gasteiger partial charge is 0.379 e. The third-order valence-corrected chi connectivity index (χ3v) is 4.14. The van der Waals surface area contributed by atoms with Gasteiger partial charge in [-0.25, -0.2) is 4.98 Å². The van der Waals surface area contributed by atoms with Gasteiger partial charge < -0.3 is 5.32 Å². The number of rotatable bonds is 3. The van der Waals surface area contributed by atoms with Crippen molar-refractivity contribution in [1.29, 1.82) is 0 Å². The Hall–Kier alpha value is -1.60. The molecule has 0 atom stereocenters. The van der Waals surface area contributed by atoms with Gasteiger partial charge in [0, 0.05) is 26.5 Å². The summed E-state index contributed by atoms with van der Waals surface area (Å²) in [5.74, 6) is 0. The average Bonchev–Trinajstić information content (AvgIpc) is 2.46. The topological polar surface area (TPSA) is 46.4 Å². The van der Waals surface area contributed by atoms with Crippen LogP contribution in [0.5, 0.6) is 0 Å². The molecule has 1 N–H and O–H groups in total. The van der Waals surface area contributed by atoms with E-state index in [2.05, 4.69) is 32.9 Å². The molecule has 0 aliphatic rings. The number of pyridine rings is 1. The second-order valence-electron chi connectivity index (χ2n) is 4.49. The summed E-state index contributed by atoms with van der Waals surface area (Å²) in [6, 6.07) is 12.7. The molecule has 106 valence electrons. The van der Waals surface area contributed by atoms with E-state index in [0.717, 1.165) is 9.26 Å². The maximum Gasteiger partial charge on any atom is 0.258 e. The molecule has 3 aromatic rings. The summed E-state index contributed by atoms with van der Waals surface area (Å²) in [7, 11) is 0. The summed E-state index contributed by atoms with van der Waals surface area (Å²) in [5.41, 5.74) is 2.24. The summed E-state index contributed by atoms with van der Waals surface area (Å²) in [6.45, 7) is 0.484. The van der Waals surface area contributed by atoms with Crippen LogP contribution < -0.4 is 10.9 Å². The van der Waals surface area contributed by atoms with Crippen molar-refractivity contribution >= 4 is 45.5 Å². The minimum absolute atomic E-state index is 0.0804. The Kier molecular flexibility index (Phi) is 4.12. The Labute approximate surface area is 139 Å². The van der Waals surface area contributed by atoms with E-state index in [1.165, 1.54) is 4.40 Å². The van der Waals surface area contributed by atoms with Crippen LogP contribution in [0.15, 0.2) is 53.5 Å². The second kappa shape index (κ2) is 6.03. The summed E-state index contributed by atoms with van der Waals surface area (Å²) >= 11 is 8.15. The van der Waals surface area contributed by atoms with Gasteiger partial charge in [-0.1, -0.05) is 17.7 Å². The molecule has 0 unspecified atom stereocenters. The molecule has 3 rings (SSSR count). The van der Waals surface area contributed by atoms with Crippen LogP contribution in [0.1, 0.15) is 5.69 Å². The molecule has 2 heterocycles. The molecule has 0 spiro atoms. The van der Waals surface area contributed by atoms with Crippen molar-refractivity contribution in [3.05, 3.63) is 73.3 Å². The number of halogens is 2. The van der Waals surface area contributed by atoms with Gasteiger partial charge in [-0.05, 0) is 52.9 Å². The molecule has 0 saturated carbocycles. The minimum Gasteiger partial charge on any atom is -0.379 e. The SMILES string of the molecule is O=c1cc(CNc2ccc(Cl)cc2I)nc2ccccn12. The standard InChI is InChI=1S/C15H11ClIN3O/c16-10-4-5-13(12(17)7-10)18-9-11-8-15(21)20-6-2-1-3-14(20)19-11/h1-8,18H,9H2. The number of fused-ring (bicyclic) bond motifs is 1. The first-order chi connectivity index (χ1) is 10.1. The highest BCUT2D eigenvalue weighted by molar-refractivity contribution is 14.1. The van der Waals surface area contributed by atoms with Gasteiger partial charge in [-0.3, -0.25) is 9.20 Å². The number of nitrogens with one attached hydrogen (secondary N) is 1. The molecular formula is C15H11ClIN3O. The first kappa shape index (κ1) is 14.3. The van der Waals surface area contributed by atoms with Crippen LogP contribution in [0.4, 0.5) is 5.69 Å². The van der Waals surface area contributed by atoms with Gasteiger partial charge in [0.25, 0.3) is 5.56 Å². The fourth-order valence-corrected chi connectivity index (χ4v) is 3.07. The highest BCUT2D eigenvalue weighted by Crippen LogP contribution is 2.22. The van der Waals surface area contributed by atoms with Gasteiger partial charge in [0.2, 0.25) is 0 Å². The molecule has 4 nitrogen and oxygen atoms in total. The maximum absolute atomic E-state index is 12.0. The fourth-order valence-electron chi connectivity index (χ4n) is 2.01. The van der Waals surface area contributed by atoms with Crippen molar-refractivity contribution in [3.8, 4) is 0 Å². The predicted molar refractivity (Wildman–Crippen MR) is 93.0 cm³/mol. The van der Waals surface area contributed by atoms with Crippen molar-refractivity contribution in [2.75, 3.05) is 5.32 Å². The van der Waals surface area contributed by atoms with Gasteiger partial charge in [0.15, 0.2) is 0 Å². The predicted octanol–water partition coefficient (Wildman–Crippen LogP) is 3.56. The van der Waals surface area contributed by atoms with Gasteiger partial charge in [-0.2, -0.15) is 0 Å². The van der Waals surface area contributed by atoms with Crippen LogP contribution in [0, 0.1) is 3.57 Å². The summed E-state index contributed by atoms with van der Waals surface area (Å²) in [6.07, 6.45) is 1.71. The number of hydrogen-bond acceptors (Lipinski definition) is 3. The number of hydrogen-bond donors (Lipinski definition) is 1. The Morgan fingerprint density at radius 1 is 1.24 bits per heavy atom. The van der Waals surface area contributed by atoms with E-state index >= 15 is 0 Å². The molecule has 2 aromatic heterocycles. The van der Waals surface area contributed by atoms with E-state index < -0.39 is 0 Å². The smallest absolute Gasteiger partial charge is 0.258 e. The first-order valence-electron chi connectivity index (χ1n) is 6.30. The zero-order chi connectivity index (χ0) is 14.8. The second-order valence-corrected chi connectivity index (χ2v) is 6.09. The Bertz CT molecular complexity index is 863. The summed E-state index contributed by atoms with van der Waals surface area (Å²) in [5, 5.41) is 3.97. The normalized spacial score (nSPS) is 10.8. The molecule has 0 fully saturated rings. The van der Waals surface area contributed by atoms with E-state index in [1.54, 1.807) is 12.3 Å². The lowest BCUT2D eigenvalue weighted by Crippen LogP contribution is -2.16. The number of nitrogens with zero attached hydrogens (tertiary/aromatic N) is 2. The summed E-state index contributed by atoms with van der Waals surface area (Å²) in [4.78, 5) is 16.5. The third-order valence-electron chi connectivity index (χ3n) is 3.02. The number of anilines is 1. The highest BCUT2D eigenvalue weighted by Gasteiger charge is 2.04. The molecule has 0 aliphatic carbocycles. The van der Waals surface area contributed by atoms with E-state index in [9.17, 15) is 4.79 Å². The fraction of sp³-hybridized carbons (Fsp3) is 0.0667. The molecule has 1 aromatic carbocycles. The van der Waals surface area contributed by atoms with Crippen LogP contribution in [0.2, 0.25) is 5.02 Å². The monoisotopic (exact) mass is 411 g/mol.